The Balaban J connectivity index is 2.66. The first kappa shape index (κ1) is 13.7. The highest BCUT2D eigenvalue weighted by molar-refractivity contribution is 9.10. The highest BCUT2D eigenvalue weighted by Gasteiger charge is 2.14. The van der Waals surface area contributed by atoms with E-state index in [2.05, 4.69) is 36.7 Å². The second kappa shape index (κ2) is 5.28. The molecule has 0 bridgehead atoms. The predicted molar refractivity (Wildman–Crippen MR) is 69.7 cm³/mol. The number of nitrogens with two attached hydrogens (primary N) is 1. The van der Waals surface area contributed by atoms with Gasteiger partial charge in [0.25, 0.3) is 0 Å². The van der Waals surface area contributed by atoms with Gasteiger partial charge in [-0.1, -0.05) is 26.8 Å². The topological polar surface area (TPSA) is 26.0 Å². The van der Waals surface area contributed by atoms with Crippen molar-refractivity contribution < 1.29 is 4.39 Å². The second-order valence-electron chi connectivity index (χ2n) is 5.38. The lowest BCUT2D eigenvalue weighted by atomic mass is 9.87. The number of hydrogen-bond acceptors (Lipinski definition) is 1. The van der Waals surface area contributed by atoms with Crippen molar-refractivity contribution in [1.29, 1.82) is 0 Å². The molecule has 0 heterocycles. The zero-order valence-corrected chi connectivity index (χ0v) is 11.6. The third-order valence-corrected chi connectivity index (χ3v) is 3.18. The normalized spacial score (nSPS) is 13.9. The van der Waals surface area contributed by atoms with E-state index in [1.54, 1.807) is 12.1 Å². The van der Waals surface area contributed by atoms with Crippen molar-refractivity contribution in [2.75, 3.05) is 0 Å². The van der Waals surface area contributed by atoms with Crippen LogP contribution in [0.15, 0.2) is 22.7 Å². The molecule has 1 nitrogen and oxygen atoms in total. The van der Waals surface area contributed by atoms with Crippen LogP contribution in [0.1, 0.15) is 45.2 Å². The van der Waals surface area contributed by atoms with E-state index in [1.807, 2.05) is 0 Å². The van der Waals surface area contributed by atoms with E-state index in [-0.39, 0.29) is 17.3 Å². The zero-order chi connectivity index (χ0) is 12.3. The van der Waals surface area contributed by atoms with Crippen LogP contribution in [0.5, 0.6) is 0 Å². The smallest absolute Gasteiger partial charge is 0.137 e. The standard InChI is InChI=1S/C13H19BrFN/c1-13(2,3)7-6-12(16)9-4-5-11(15)10(14)8-9/h4-5,8,12H,6-7,16H2,1-3H3. The number of rotatable bonds is 3. The molecule has 1 unspecified atom stereocenters. The Morgan fingerprint density at radius 1 is 1.38 bits per heavy atom. The third-order valence-electron chi connectivity index (χ3n) is 2.58. The molecule has 0 aliphatic carbocycles. The summed E-state index contributed by atoms with van der Waals surface area (Å²) in [6.45, 7) is 6.58. The first-order valence-corrected chi connectivity index (χ1v) is 6.29. The van der Waals surface area contributed by atoms with Gasteiger partial charge < -0.3 is 5.73 Å². The molecule has 0 aliphatic rings. The largest absolute Gasteiger partial charge is 0.324 e. The van der Waals surface area contributed by atoms with Crippen LogP contribution < -0.4 is 5.73 Å². The van der Waals surface area contributed by atoms with E-state index < -0.39 is 0 Å². The van der Waals surface area contributed by atoms with Crippen LogP contribution in [0.25, 0.3) is 0 Å². The van der Waals surface area contributed by atoms with Gasteiger partial charge in [0.15, 0.2) is 0 Å². The van der Waals surface area contributed by atoms with Gasteiger partial charge in [-0.15, -0.1) is 0 Å². The van der Waals surface area contributed by atoms with Crippen LogP contribution in [0, 0.1) is 11.2 Å². The molecular formula is C13H19BrFN. The highest BCUT2D eigenvalue weighted by Crippen LogP contribution is 2.27. The molecule has 0 amide bonds. The minimum Gasteiger partial charge on any atom is -0.324 e. The van der Waals surface area contributed by atoms with Crippen molar-refractivity contribution in [3.05, 3.63) is 34.1 Å². The maximum atomic E-state index is 13.0. The van der Waals surface area contributed by atoms with Gasteiger partial charge in [-0.05, 0) is 51.9 Å². The minimum absolute atomic E-state index is 0.0175. The average molecular weight is 288 g/mol. The summed E-state index contributed by atoms with van der Waals surface area (Å²) in [7, 11) is 0. The molecule has 1 rings (SSSR count). The van der Waals surface area contributed by atoms with E-state index in [9.17, 15) is 4.39 Å². The maximum absolute atomic E-state index is 13.0. The molecule has 90 valence electrons. The maximum Gasteiger partial charge on any atom is 0.137 e. The van der Waals surface area contributed by atoms with E-state index >= 15 is 0 Å². The van der Waals surface area contributed by atoms with Crippen molar-refractivity contribution in [2.24, 2.45) is 11.1 Å². The summed E-state index contributed by atoms with van der Waals surface area (Å²) in [6, 6.07) is 4.96. The van der Waals surface area contributed by atoms with Gasteiger partial charge in [-0.25, -0.2) is 4.39 Å². The van der Waals surface area contributed by atoms with Crippen molar-refractivity contribution in [3.63, 3.8) is 0 Å². The Morgan fingerprint density at radius 2 is 2.00 bits per heavy atom. The minimum atomic E-state index is -0.244. The van der Waals surface area contributed by atoms with E-state index in [4.69, 9.17) is 5.73 Å². The van der Waals surface area contributed by atoms with Gasteiger partial charge in [-0.2, -0.15) is 0 Å². The van der Waals surface area contributed by atoms with Gasteiger partial charge in [0.2, 0.25) is 0 Å². The number of halogens is 2. The molecule has 1 atom stereocenters. The van der Waals surface area contributed by atoms with Gasteiger partial charge in [0, 0.05) is 6.04 Å². The predicted octanol–water partition coefficient (Wildman–Crippen LogP) is 4.41. The summed E-state index contributed by atoms with van der Waals surface area (Å²) in [5.74, 6) is -0.244. The van der Waals surface area contributed by atoms with Gasteiger partial charge >= 0.3 is 0 Å². The van der Waals surface area contributed by atoms with Gasteiger partial charge in [0.1, 0.15) is 5.82 Å². The van der Waals surface area contributed by atoms with E-state index in [0.717, 1.165) is 18.4 Å². The molecule has 16 heavy (non-hydrogen) atoms. The molecule has 0 radical (unpaired) electrons. The van der Waals surface area contributed by atoms with Crippen molar-refractivity contribution in [1.82, 2.24) is 0 Å². The van der Waals surface area contributed by atoms with E-state index in [0.29, 0.717) is 4.47 Å². The molecule has 1 aromatic rings. The molecule has 0 saturated carbocycles. The lowest BCUT2D eigenvalue weighted by molar-refractivity contribution is 0.349. The molecule has 0 saturated heterocycles. The summed E-state index contributed by atoms with van der Waals surface area (Å²) < 4.78 is 13.5. The molecule has 0 aliphatic heterocycles. The van der Waals surface area contributed by atoms with Crippen molar-refractivity contribution in [2.45, 2.75) is 39.7 Å². The van der Waals surface area contributed by atoms with Crippen LogP contribution in [-0.4, -0.2) is 0 Å². The fraction of sp³-hybridized carbons (Fsp3) is 0.538. The lowest BCUT2D eigenvalue weighted by Crippen LogP contribution is -2.14. The number of hydrogen-bond donors (Lipinski definition) is 1. The van der Waals surface area contributed by atoms with Crippen LogP contribution >= 0.6 is 15.9 Å². The highest BCUT2D eigenvalue weighted by atomic mass is 79.9. The van der Waals surface area contributed by atoms with Crippen molar-refractivity contribution >= 4 is 15.9 Å². The lowest BCUT2D eigenvalue weighted by Gasteiger charge is -2.21. The van der Waals surface area contributed by atoms with E-state index in [1.165, 1.54) is 6.07 Å². The Hall–Kier alpha value is -0.410. The van der Waals surface area contributed by atoms with Crippen LogP contribution in [-0.2, 0) is 0 Å². The summed E-state index contributed by atoms with van der Waals surface area (Å²) in [4.78, 5) is 0. The Bertz CT molecular complexity index is 357. The molecule has 0 fully saturated rings. The number of benzene rings is 1. The molecule has 0 spiro atoms. The van der Waals surface area contributed by atoms with Crippen molar-refractivity contribution in [3.8, 4) is 0 Å². The first-order valence-electron chi connectivity index (χ1n) is 5.50. The second-order valence-corrected chi connectivity index (χ2v) is 6.23. The molecule has 1 aromatic carbocycles. The molecular weight excluding hydrogens is 269 g/mol. The third kappa shape index (κ3) is 4.22. The fourth-order valence-electron chi connectivity index (χ4n) is 1.50. The quantitative estimate of drug-likeness (QED) is 0.875. The summed E-state index contributed by atoms with van der Waals surface area (Å²) in [5.41, 5.74) is 7.35. The Kier molecular flexibility index (Phi) is 4.51. The molecule has 2 N–H and O–H groups in total. The van der Waals surface area contributed by atoms with Gasteiger partial charge in [-0.3, -0.25) is 0 Å². The first-order chi connectivity index (χ1) is 7.29. The van der Waals surface area contributed by atoms with Crippen LogP contribution in [0.3, 0.4) is 0 Å². The summed E-state index contributed by atoms with van der Waals surface area (Å²) in [6.07, 6.45) is 1.98. The summed E-state index contributed by atoms with van der Waals surface area (Å²) >= 11 is 3.17. The molecule has 0 aromatic heterocycles. The average Bonchev–Trinajstić information content (AvgIpc) is 2.17. The monoisotopic (exact) mass is 287 g/mol. The summed E-state index contributed by atoms with van der Waals surface area (Å²) in [5, 5.41) is 0. The zero-order valence-electron chi connectivity index (χ0n) is 10.1. The fourth-order valence-corrected chi connectivity index (χ4v) is 1.89. The SMILES string of the molecule is CC(C)(C)CCC(N)c1ccc(F)c(Br)c1. The van der Waals surface area contributed by atoms with Crippen LogP contribution in [0.2, 0.25) is 0 Å². The Labute approximate surface area is 105 Å². The van der Waals surface area contributed by atoms with Gasteiger partial charge in [0.05, 0.1) is 4.47 Å². The Morgan fingerprint density at radius 3 is 2.50 bits per heavy atom. The molecule has 3 heteroatoms. The van der Waals surface area contributed by atoms with Crippen LogP contribution in [0.4, 0.5) is 4.39 Å².